The van der Waals surface area contributed by atoms with Gasteiger partial charge in [-0.15, -0.1) is 0 Å². The van der Waals surface area contributed by atoms with Gasteiger partial charge in [0, 0.05) is 38.6 Å². The third-order valence-corrected chi connectivity index (χ3v) is 9.10. The van der Waals surface area contributed by atoms with Crippen molar-refractivity contribution in [3.05, 3.63) is 30.1 Å². The Morgan fingerprint density at radius 1 is 1.16 bits per heavy atom. The fourth-order valence-corrected chi connectivity index (χ4v) is 7.32. The molecule has 0 amide bonds. The predicted octanol–water partition coefficient (Wildman–Crippen LogP) is 3.47. The summed E-state index contributed by atoms with van der Waals surface area (Å²) in [5.74, 6) is 0.679. The molecule has 0 N–H and O–H groups in total. The summed E-state index contributed by atoms with van der Waals surface area (Å²) in [4.78, 5) is 17.4. The van der Waals surface area contributed by atoms with Crippen LogP contribution in [0.4, 0.5) is 10.1 Å². The van der Waals surface area contributed by atoms with Crippen molar-refractivity contribution >= 4 is 11.7 Å². The van der Waals surface area contributed by atoms with Gasteiger partial charge in [0.15, 0.2) is 0 Å². The maximum Gasteiger partial charge on any atom is 0.310 e. The molecule has 0 radical (unpaired) electrons. The summed E-state index contributed by atoms with van der Waals surface area (Å²) in [6, 6.07) is 6.99. The van der Waals surface area contributed by atoms with Crippen LogP contribution in [0.3, 0.4) is 0 Å². The molecule has 168 valence electrons. The van der Waals surface area contributed by atoms with Gasteiger partial charge in [0.05, 0.1) is 23.8 Å². The van der Waals surface area contributed by atoms with Crippen LogP contribution < -0.4 is 4.90 Å². The molecule has 2 saturated carbocycles. The smallest absolute Gasteiger partial charge is 0.310 e. The van der Waals surface area contributed by atoms with Crippen LogP contribution in [0.25, 0.3) is 0 Å². The summed E-state index contributed by atoms with van der Waals surface area (Å²) in [7, 11) is 0. The van der Waals surface area contributed by atoms with Crippen LogP contribution in [-0.4, -0.2) is 61.9 Å². The zero-order chi connectivity index (χ0) is 21.2. The van der Waals surface area contributed by atoms with Crippen molar-refractivity contribution in [2.45, 2.75) is 50.7 Å². The molecule has 6 atom stereocenters. The van der Waals surface area contributed by atoms with Crippen LogP contribution in [0.15, 0.2) is 24.3 Å². The highest BCUT2D eigenvalue weighted by molar-refractivity contribution is 5.75. The van der Waals surface area contributed by atoms with E-state index in [2.05, 4.69) is 16.7 Å². The van der Waals surface area contributed by atoms with Crippen LogP contribution >= 0.6 is 0 Å². The van der Waals surface area contributed by atoms with E-state index in [0.717, 1.165) is 52.2 Å². The molecular formula is C25H33FN2O3. The number of epoxide rings is 1. The average Bonchev–Trinajstić information content (AvgIpc) is 3.46. The molecule has 6 heteroatoms. The Morgan fingerprint density at radius 2 is 1.94 bits per heavy atom. The Morgan fingerprint density at radius 3 is 2.68 bits per heavy atom. The second-order valence-electron chi connectivity index (χ2n) is 10.8. The summed E-state index contributed by atoms with van der Waals surface area (Å²) in [6.45, 7) is 7.35. The molecule has 5 nitrogen and oxygen atoms in total. The quantitative estimate of drug-likeness (QED) is 0.545. The molecule has 31 heavy (non-hydrogen) atoms. The minimum absolute atomic E-state index is 0.000421. The van der Waals surface area contributed by atoms with Gasteiger partial charge < -0.3 is 14.4 Å². The molecule has 3 saturated heterocycles. The van der Waals surface area contributed by atoms with Crippen LogP contribution in [-0.2, 0) is 14.3 Å². The molecule has 3 aliphatic heterocycles. The SMILES string of the molecule is C[C@]12CCC[C@]3(CO3)[C@H]1C[C@@H]1[C@@H](C2)OC(=O)[C@@H]1CN1CCN(c2ccccc2F)CC1. The molecular weight excluding hydrogens is 395 g/mol. The molecule has 6 rings (SSSR count). The Labute approximate surface area is 183 Å². The third-order valence-electron chi connectivity index (χ3n) is 9.10. The lowest BCUT2D eigenvalue weighted by Crippen LogP contribution is -2.52. The van der Waals surface area contributed by atoms with Crippen molar-refractivity contribution in [2.75, 3.05) is 44.2 Å². The van der Waals surface area contributed by atoms with Crippen molar-refractivity contribution in [1.29, 1.82) is 0 Å². The molecule has 3 heterocycles. The number of hydrogen-bond acceptors (Lipinski definition) is 5. The lowest BCUT2D eigenvalue weighted by atomic mass is 9.53. The normalized spacial score (nSPS) is 42.3. The second-order valence-corrected chi connectivity index (χ2v) is 10.8. The summed E-state index contributed by atoms with van der Waals surface area (Å²) >= 11 is 0. The molecule has 1 aromatic carbocycles. The summed E-state index contributed by atoms with van der Waals surface area (Å²) in [5, 5.41) is 0. The molecule has 1 aromatic rings. The van der Waals surface area contributed by atoms with E-state index in [1.165, 1.54) is 25.3 Å². The summed E-state index contributed by atoms with van der Waals surface area (Å²) in [6.07, 6.45) is 5.78. The second kappa shape index (κ2) is 7.17. The van der Waals surface area contributed by atoms with Crippen LogP contribution in [0, 0.1) is 29.0 Å². The van der Waals surface area contributed by atoms with Gasteiger partial charge in [0.25, 0.3) is 0 Å². The molecule has 2 aliphatic carbocycles. The number of benzene rings is 1. The van der Waals surface area contributed by atoms with Crippen LogP contribution in [0.2, 0.25) is 0 Å². The number of fused-ring (bicyclic) bond motifs is 3. The predicted molar refractivity (Wildman–Crippen MR) is 115 cm³/mol. The highest BCUT2D eigenvalue weighted by Gasteiger charge is 2.65. The monoisotopic (exact) mass is 428 g/mol. The number of nitrogens with zero attached hydrogens (tertiary/aromatic N) is 2. The van der Waals surface area contributed by atoms with Gasteiger partial charge in [-0.1, -0.05) is 19.1 Å². The van der Waals surface area contributed by atoms with Crippen LogP contribution in [0.5, 0.6) is 0 Å². The zero-order valence-electron chi connectivity index (χ0n) is 18.4. The highest BCUT2D eigenvalue weighted by Crippen LogP contribution is 2.62. The number of carbonyl (C=O) groups excluding carboxylic acids is 1. The standard InChI is InChI=1S/C25H33FN2O3/c1-24-7-4-8-25(16-30-25)22(24)13-17-18(23(29)31-21(17)14-24)15-27-9-11-28(12-10-27)20-6-3-2-5-19(20)26/h2-3,5-6,17-18,21-22H,4,7-16H2,1H3/t17-,18+,21+,22-,24+,25-/m0/s1. The van der Waals surface area contributed by atoms with Gasteiger partial charge in [-0.3, -0.25) is 9.69 Å². The number of piperazine rings is 1. The molecule has 0 aromatic heterocycles. The van der Waals surface area contributed by atoms with Crippen LogP contribution in [0.1, 0.15) is 39.0 Å². The topological polar surface area (TPSA) is 45.3 Å². The number of halogens is 1. The van der Waals surface area contributed by atoms with Crippen molar-refractivity contribution in [3.63, 3.8) is 0 Å². The van der Waals surface area contributed by atoms with Gasteiger partial charge in [-0.2, -0.15) is 0 Å². The first-order valence-electron chi connectivity index (χ1n) is 12.0. The molecule has 0 unspecified atom stereocenters. The number of esters is 1. The molecule has 5 fully saturated rings. The number of hydrogen-bond donors (Lipinski definition) is 0. The highest BCUT2D eigenvalue weighted by atomic mass is 19.1. The van der Waals surface area contributed by atoms with E-state index in [4.69, 9.17) is 9.47 Å². The number of rotatable bonds is 3. The van der Waals surface area contributed by atoms with E-state index in [1.54, 1.807) is 6.07 Å². The number of ether oxygens (including phenoxy) is 2. The van der Waals surface area contributed by atoms with E-state index < -0.39 is 0 Å². The first-order chi connectivity index (χ1) is 15.0. The van der Waals surface area contributed by atoms with E-state index in [0.29, 0.717) is 17.5 Å². The molecule has 5 aliphatic rings. The zero-order valence-corrected chi connectivity index (χ0v) is 18.4. The van der Waals surface area contributed by atoms with Crippen molar-refractivity contribution in [3.8, 4) is 0 Å². The minimum Gasteiger partial charge on any atom is -0.462 e. The lowest BCUT2D eigenvalue weighted by molar-refractivity contribution is -0.147. The fraction of sp³-hybridized carbons (Fsp3) is 0.720. The third kappa shape index (κ3) is 3.29. The maximum absolute atomic E-state index is 14.1. The van der Waals surface area contributed by atoms with E-state index in [9.17, 15) is 9.18 Å². The van der Waals surface area contributed by atoms with Gasteiger partial charge in [0.1, 0.15) is 11.9 Å². The molecule has 1 spiro atoms. The van der Waals surface area contributed by atoms with Crippen molar-refractivity contribution in [1.82, 2.24) is 4.90 Å². The Balaban J connectivity index is 1.12. The summed E-state index contributed by atoms with van der Waals surface area (Å²) in [5.41, 5.74) is 1.02. The van der Waals surface area contributed by atoms with E-state index >= 15 is 0 Å². The Bertz CT molecular complexity index is 866. The first kappa shape index (κ1) is 20.0. The fourth-order valence-electron chi connectivity index (χ4n) is 7.32. The largest absolute Gasteiger partial charge is 0.462 e. The maximum atomic E-state index is 14.1. The van der Waals surface area contributed by atoms with E-state index in [-0.39, 0.29) is 34.8 Å². The Hall–Kier alpha value is -1.66. The molecule has 0 bridgehead atoms. The van der Waals surface area contributed by atoms with Gasteiger partial charge in [0.2, 0.25) is 0 Å². The van der Waals surface area contributed by atoms with Gasteiger partial charge >= 0.3 is 5.97 Å². The number of carbonyl (C=O) groups is 1. The van der Waals surface area contributed by atoms with Crippen molar-refractivity contribution < 1.29 is 18.7 Å². The minimum atomic E-state index is -0.160. The first-order valence-corrected chi connectivity index (χ1v) is 12.0. The summed E-state index contributed by atoms with van der Waals surface area (Å²) < 4.78 is 26.1. The van der Waals surface area contributed by atoms with Gasteiger partial charge in [-0.25, -0.2) is 4.39 Å². The number of anilines is 1. The average molecular weight is 429 g/mol. The van der Waals surface area contributed by atoms with E-state index in [1.807, 2.05) is 12.1 Å². The Kier molecular flexibility index (Phi) is 4.62. The number of para-hydroxylation sites is 1. The van der Waals surface area contributed by atoms with Gasteiger partial charge in [-0.05, 0) is 55.6 Å². The van der Waals surface area contributed by atoms with Crippen molar-refractivity contribution in [2.24, 2.45) is 23.2 Å². The lowest BCUT2D eigenvalue weighted by Gasteiger charge is -2.51.